The molecule has 0 aromatic heterocycles. The van der Waals surface area contributed by atoms with E-state index in [0.29, 0.717) is 18.4 Å². The monoisotopic (exact) mass is 321 g/mol. The maximum Gasteiger partial charge on any atom is 0.233 e. The molecule has 0 unspecified atom stereocenters. The molecule has 1 N–H and O–H groups in total. The third kappa shape index (κ3) is 3.70. The zero-order valence-corrected chi connectivity index (χ0v) is 14.5. The average molecular weight is 321 g/mol. The number of likely N-dealkylation sites (tertiary alicyclic amines) is 2. The van der Waals surface area contributed by atoms with E-state index < -0.39 is 0 Å². The van der Waals surface area contributed by atoms with Gasteiger partial charge < -0.3 is 10.2 Å². The Labute approximate surface area is 139 Å². The van der Waals surface area contributed by atoms with Crippen LogP contribution in [0, 0.1) is 5.92 Å². The lowest BCUT2D eigenvalue weighted by Gasteiger charge is -2.45. The first-order valence-electron chi connectivity index (χ1n) is 9.36. The highest BCUT2D eigenvalue weighted by Crippen LogP contribution is 2.38. The molecule has 0 aromatic rings. The lowest BCUT2D eigenvalue weighted by atomic mass is 9.84. The van der Waals surface area contributed by atoms with Crippen molar-refractivity contribution < 1.29 is 9.59 Å². The van der Waals surface area contributed by atoms with Crippen LogP contribution in [0.4, 0.5) is 0 Å². The van der Waals surface area contributed by atoms with Gasteiger partial charge in [0, 0.05) is 32.1 Å². The number of hydrogen-bond acceptors (Lipinski definition) is 3. The molecular weight excluding hydrogens is 290 g/mol. The van der Waals surface area contributed by atoms with Crippen molar-refractivity contribution >= 4 is 11.8 Å². The van der Waals surface area contributed by atoms with Crippen LogP contribution < -0.4 is 5.32 Å². The highest BCUT2D eigenvalue weighted by atomic mass is 16.2. The predicted octanol–water partition coefficient (Wildman–Crippen LogP) is 1.77. The molecule has 3 fully saturated rings. The summed E-state index contributed by atoms with van der Waals surface area (Å²) in [5, 5.41) is 2.74. The lowest BCUT2D eigenvalue weighted by molar-refractivity contribution is -0.135. The number of rotatable bonds is 4. The molecule has 2 saturated heterocycles. The van der Waals surface area contributed by atoms with E-state index in [4.69, 9.17) is 0 Å². The number of carbonyl (C=O) groups is 2. The Morgan fingerprint density at radius 2 is 1.74 bits per heavy atom. The lowest BCUT2D eigenvalue weighted by Crippen LogP contribution is -2.55. The van der Waals surface area contributed by atoms with Gasteiger partial charge in [0.1, 0.15) is 0 Å². The molecule has 130 valence electrons. The Morgan fingerprint density at radius 1 is 1.04 bits per heavy atom. The van der Waals surface area contributed by atoms with Gasteiger partial charge in [-0.15, -0.1) is 0 Å². The van der Waals surface area contributed by atoms with E-state index in [1.807, 2.05) is 0 Å². The first kappa shape index (κ1) is 16.7. The zero-order chi connectivity index (χ0) is 16.3. The van der Waals surface area contributed by atoms with Crippen molar-refractivity contribution in [1.29, 1.82) is 0 Å². The van der Waals surface area contributed by atoms with Gasteiger partial charge in [-0.2, -0.15) is 0 Å². The maximum absolute atomic E-state index is 12.5. The molecule has 3 aliphatic rings. The fourth-order valence-corrected chi connectivity index (χ4v) is 4.82. The van der Waals surface area contributed by atoms with Crippen molar-refractivity contribution in [3.05, 3.63) is 0 Å². The Hall–Kier alpha value is -1.10. The van der Waals surface area contributed by atoms with Gasteiger partial charge in [-0.05, 0) is 51.0 Å². The SMILES string of the molecule is CNC(=O)CN1CCCC12CCN(C(=O)CC1CCCC1)CC2. The fourth-order valence-electron chi connectivity index (χ4n) is 4.82. The van der Waals surface area contributed by atoms with Crippen molar-refractivity contribution in [2.45, 2.75) is 63.3 Å². The van der Waals surface area contributed by atoms with Gasteiger partial charge in [0.15, 0.2) is 0 Å². The van der Waals surface area contributed by atoms with Crippen LogP contribution >= 0.6 is 0 Å². The van der Waals surface area contributed by atoms with E-state index in [-0.39, 0.29) is 11.4 Å². The van der Waals surface area contributed by atoms with Crippen LogP contribution in [0.3, 0.4) is 0 Å². The second kappa shape index (κ2) is 7.20. The molecule has 23 heavy (non-hydrogen) atoms. The Kier molecular flexibility index (Phi) is 5.24. The first-order chi connectivity index (χ1) is 11.1. The number of nitrogens with zero attached hydrogens (tertiary/aromatic N) is 2. The van der Waals surface area contributed by atoms with E-state index >= 15 is 0 Å². The minimum Gasteiger partial charge on any atom is -0.358 e. The van der Waals surface area contributed by atoms with E-state index in [0.717, 1.165) is 38.9 Å². The fraction of sp³-hybridized carbons (Fsp3) is 0.889. The summed E-state index contributed by atoms with van der Waals surface area (Å²) in [5.74, 6) is 1.10. The number of nitrogens with one attached hydrogen (secondary N) is 1. The van der Waals surface area contributed by atoms with E-state index in [1.165, 1.54) is 38.5 Å². The molecular formula is C18H31N3O2. The minimum atomic E-state index is 0.103. The number of carbonyl (C=O) groups excluding carboxylic acids is 2. The van der Waals surface area contributed by atoms with Crippen LogP contribution in [-0.2, 0) is 9.59 Å². The Balaban J connectivity index is 1.52. The zero-order valence-electron chi connectivity index (χ0n) is 14.5. The molecule has 3 rings (SSSR count). The first-order valence-corrected chi connectivity index (χ1v) is 9.36. The van der Waals surface area contributed by atoms with Crippen LogP contribution in [0.15, 0.2) is 0 Å². The van der Waals surface area contributed by atoms with Crippen LogP contribution in [0.1, 0.15) is 57.8 Å². The van der Waals surface area contributed by atoms with Gasteiger partial charge in [-0.25, -0.2) is 0 Å². The van der Waals surface area contributed by atoms with Gasteiger partial charge in [-0.1, -0.05) is 12.8 Å². The third-order valence-electron chi connectivity index (χ3n) is 6.34. The second-order valence-corrected chi connectivity index (χ2v) is 7.66. The van der Waals surface area contributed by atoms with E-state index in [1.54, 1.807) is 7.05 Å². The smallest absolute Gasteiger partial charge is 0.233 e. The second-order valence-electron chi connectivity index (χ2n) is 7.66. The highest BCUT2D eigenvalue weighted by molar-refractivity contribution is 5.78. The van der Waals surface area contributed by atoms with Gasteiger partial charge in [0.25, 0.3) is 0 Å². The summed E-state index contributed by atoms with van der Waals surface area (Å²) in [6.07, 6.45) is 10.2. The van der Waals surface area contributed by atoms with Crippen LogP contribution in [0.2, 0.25) is 0 Å². The van der Waals surface area contributed by atoms with Gasteiger partial charge in [-0.3, -0.25) is 14.5 Å². The molecule has 5 heteroatoms. The summed E-state index contributed by atoms with van der Waals surface area (Å²) in [6, 6.07) is 0. The third-order valence-corrected chi connectivity index (χ3v) is 6.34. The van der Waals surface area contributed by atoms with E-state index in [2.05, 4.69) is 15.1 Å². The van der Waals surface area contributed by atoms with Crippen LogP contribution in [0.25, 0.3) is 0 Å². The topological polar surface area (TPSA) is 52.7 Å². The molecule has 0 aromatic carbocycles. The molecule has 0 radical (unpaired) electrons. The summed E-state index contributed by atoms with van der Waals surface area (Å²) >= 11 is 0. The number of likely N-dealkylation sites (N-methyl/N-ethyl adjacent to an activating group) is 1. The summed E-state index contributed by atoms with van der Waals surface area (Å²) in [5.41, 5.74) is 0.163. The molecule has 1 saturated carbocycles. The molecule has 0 atom stereocenters. The number of hydrogen-bond donors (Lipinski definition) is 1. The number of amides is 2. The van der Waals surface area contributed by atoms with Gasteiger partial charge in [0.05, 0.1) is 6.54 Å². The average Bonchev–Trinajstić information content (AvgIpc) is 3.19. The summed E-state index contributed by atoms with van der Waals surface area (Å²) in [7, 11) is 1.70. The minimum absolute atomic E-state index is 0.103. The molecule has 1 aliphatic carbocycles. The van der Waals surface area contributed by atoms with Crippen molar-refractivity contribution in [3.8, 4) is 0 Å². The molecule has 2 amide bonds. The van der Waals surface area contributed by atoms with Crippen LogP contribution in [0.5, 0.6) is 0 Å². The number of piperidine rings is 1. The standard InChI is InChI=1S/C18H31N3O2/c1-19-16(22)14-21-10-4-7-18(21)8-11-20(12-9-18)17(23)13-15-5-2-3-6-15/h15H,2-14H2,1H3,(H,19,22). The molecule has 5 nitrogen and oxygen atoms in total. The summed E-state index contributed by atoms with van der Waals surface area (Å²) < 4.78 is 0. The normalized spacial score (nSPS) is 25.2. The summed E-state index contributed by atoms with van der Waals surface area (Å²) in [6.45, 7) is 3.27. The molecule has 2 heterocycles. The van der Waals surface area contributed by atoms with Crippen molar-refractivity contribution in [2.24, 2.45) is 5.92 Å². The largest absolute Gasteiger partial charge is 0.358 e. The molecule has 0 bridgehead atoms. The highest BCUT2D eigenvalue weighted by Gasteiger charge is 2.44. The van der Waals surface area contributed by atoms with E-state index in [9.17, 15) is 9.59 Å². The predicted molar refractivity (Wildman–Crippen MR) is 90.0 cm³/mol. The Bertz CT molecular complexity index is 438. The molecule has 2 aliphatic heterocycles. The maximum atomic E-state index is 12.5. The quantitative estimate of drug-likeness (QED) is 0.858. The summed E-state index contributed by atoms with van der Waals surface area (Å²) in [4.78, 5) is 28.7. The van der Waals surface area contributed by atoms with Crippen LogP contribution in [-0.4, -0.2) is 60.4 Å². The van der Waals surface area contributed by atoms with Crippen molar-refractivity contribution in [3.63, 3.8) is 0 Å². The Morgan fingerprint density at radius 3 is 2.39 bits per heavy atom. The van der Waals surface area contributed by atoms with Gasteiger partial charge in [0.2, 0.25) is 11.8 Å². The molecule has 1 spiro atoms. The van der Waals surface area contributed by atoms with Crippen molar-refractivity contribution in [1.82, 2.24) is 15.1 Å². The van der Waals surface area contributed by atoms with Gasteiger partial charge >= 0.3 is 0 Å². The van der Waals surface area contributed by atoms with Crippen molar-refractivity contribution in [2.75, 3.05) is 33.2 Å².